The molecule has 2 aromatic rings. The van der Waals surface area contributed by atoms with E-state index in [-0.39, 0.29) is 11.2 Å². The molecule has 0 bridgehead atoms. The molecule has 0 aromatic heterocycles. The summed E-state index contributed by atoms with van der Waals surface area (Å²) in [5.74, 6) is 0.205. The maximum absolute atomic E-state index is 9.74. The highest BCUT2D eigenvalue weighted by atomic mass is 16.3. The second-order valence-corrected chi connectivity index (χ2v) is 5.26. The van der Waals surface area contributed by atoms with Crippen LogP contribution in [0, 0.1) is 6.07 Å². The van der Waals surface area contributed by atoms with Crippen molar-refractivity contribution in [2.45, 2.75) is 26.2 Å². The summed E-state index contributed by atoms with van der Waals surface area (Å²) in [5, 5.41) is 9.74. The molecule has 0 spiro atoms. The van der Waals surface area contributed by atoms with E-state index in [0.29, 0.717) is 0 Å². The van der Waals surface area contributed by atoms with Crippen LogP contribution in [-0.4, -0.2) is 5.11 Å². The Morgan fingerprint density at radius 3 is 2.18 bits per heavy atom. The summed E-state index contributed by atoms with van der Waals surface area (Å²) in [6.07, 6.45) is 0. The standard InChI is InChI=1S/C16H17O/c1-16(2,3)13-10-8-12(9-11-13)14-6-4-5-7-15(14)17/h4-6,8-11,17H,1-3H3. The smallest absolute Gasteiger partial charge is 0.131 e. The lowest BCUT2D eigenvalue weighted by Crippen LogP contribution is -2.10. The van der Waals surface area contributed by atoms with E-state index in [9.17, 15) is 5.11 Å². The molecule has 1 nitrogen and oxygen atoms in total. The van der Waals surface area contributed by atoms with E-state index < -0.39 is 0 Å². The van der Waals surface area contributed by atoms with Crippen molar-refractivity contribution >= 4 is 0 Å². The average molecular weight is 225 g/mol. The number of hydrogen-bond donors (Lipinski definition) is 1. The zero-order chi connectivity index (χ0) is 12.5. The van der Waals surface area contributed by atoms with E-state index >= 15 is 0 Å². The number of phenols is 1. The Labute approximate surface area is 103 Å². The fourth-order valence-electron chi connectivity index (χ4n) is 1.81. The molecule has 0 heterocycles. The van der Waals surface area contributed by atoms with Gasteiger partial charge in [-0.2, -0.15) is 0 Å². The fourth-order valence-corrected chi connectivity index (χ4v) is 1.81. The van der Waals surface area contributed by atoms with E-state index in [1.54, 1.807) is 6.07 Å². The van der Waals surface area contributed by atoms with Crippen LogP contribution in [0.5, 0.6) is 5.75 Å². The van der Waals surface area contributed by atoms with Gasteiger partial charge in [-0.3, -0.25) is 0 Å². The van der Waals surface area contributed by atoms with Crippen molar-refractivity contribution in [1.82, 2.24) is 0 Å². The van der Waals surface area contributed by atoms with Gasteiger partial charge in [-0.25, -0.2) is 0 Å². The molecule has 2 aromatic carbocycles. The predicted octanol–water partition coefficient (Wildman–Crippen LogP) is 4.16. The van der Waals surface area contributed by atoms with Crippen LogP contribution in [0.4, 0.5) is 0 Å². The number of hydrogen-bond acceptors (Lipinski definition) is 1. The van der Waals surface area contributed by atoms with Crippen LogP contribution >= 0.6 is 0 Å². The summed E-state index contributed by atoms with van der Waals surface area (Å²) in [4.78, 5) is 0. The van der Waals surface area contributed by atoms with Gasteiger partial charge in [0.25, 0.3) is 0 Å². The Balaban J connectivity index is 2.40. The third-order valence-electron chi connectivity index (χ3n) is 2.90. The minimum absolute atomic E-state index is 0.156. The molecular formula is C16H17O. The summed E-state index contributed by atoms with van der Waals surface area (Å²) < 4.78 is 0. The zero-order valence-corrected chi connectivity index (χ0v) is 10.5. The molecule has 0 aliphatic rings. The monoisotopic (exact) mass is 225 g/mol. The van der Waals surface area contributed by atoms with Crippen molar-refractivity contribution < 1.29 is 5.11 Å². The van der Waals surface area contributed by atoms with Gasteiger partial charge >= 0.3 is 0 Å². The molecule has 0 aliphatic heterocycles. The minimum atomic E-state index is 0.156. The van der Waals surface area contributed by atoms with E-state index in [0.717, 1.165) is 11.1 Å². The van der Waals surface area contributed by atoms with Gasteiger partial charge in [0.15, 0.2) is 0 Å². The second-order valence-electron chi connectivity index (χ2n) is 5.26. The Morgan fingerprint density at radius 1 is 1.00 bits per heavy atom. The summed E-state index contributed by atoms with van der Waals surface area (Å²) in [5.41, 5.74) is 3.30. The van der Waals surface area contributed by atoms with Crippen molar-refractivity contribution in [3.63, 3.8) is 0 Å². The second kappa shape index (κ2) is 4.25. The maximum atomic E-state index is 9.74. The van der Waals surface area contributed by atoms with Crippen LogP contribution in [0.1, 0.15) is 26.3 Å². The highest BCUT2D eigenvalue weighted by molar-refractivity contribution is 5.69. The van der Waals surface area contributed by atoms with Gasteiger partial charge in [0.1, 0.15) is 5.75 Å². The summed E-state index contributed by atoms with van der Waals surface area (Å²) in [6, 6.07) is 16.6. The summed E-state index contributed by atoms with van der Waals surface area (Å²) in [6.45, 7) is 6.57. The van der Waals surface area contributed by atoms with Crippen molar-refractivity contribution in [3.05, 3.63) is 54.1 Å². The first kappa shape index (κ1) is 11.7. The Morgan fingerprint density at radius 2 is 1.65 bits per heavy atom. The maximum Gasteiger partial charge on any atom is 0.131 e. The SMILES string of the molecule is CC(C)(C)c1ccc(-c2ccc[c]c2O)cc1. The number of aromatic hydroxyl groups is 1. The molecule has 17 heavy (non-hydrogen) atoms. The van der Waals surface area contributed by atoms with Crippen molar-refractivity contribution in [2.24, 2.45) is 0 Å². The van der Waals surface area contributed by atoms with Gasteiger partial charge in [-0.05, 0) is 16.5 Å². The molecule has 0 unspecified atom stereocenters. The van der Waals surface area contributed by atoms with E-state index in [1.807, 2.05) is 24.3 Å². The molecule has 1 heteroatoms. The van der Waals surface area contributed by atoms with Gasteiger partial charge in [0, 0.05) is 11.6 Å². The Hall–Kier alpha value is -1.76. The van der Waals surface area contributed by atoms with E-state index in [2.05, 4.69) is 39.0 Å². The average Bonchev–Trinajstić information content (AvgIpc) is 2.29. The van der Waals surface area contributed by atoms with Gasteiger partial charge in [0.05, 0.1) is 0 Å². The van der Waals surface area contributed by atoms with Crippen LogP contribution in [0.15, 0.2) is 42.5 Å². The minimum Gasteiger partial charge on any atom is -0.507 e. The lowest BCUT2D eigenvalue weighted by atomic mass is 9.86. The highest BCUT2D eigenvalue weighted by Gasteiger charge is 2.13. The lowest BCUT2D eigenvalue weighted by molar-refractivity contribution is 0.476. The molecule has 87 valence electrons. The first-order valence-corrected chi connectivity index (χ1v) is 5.79. The molecule has 0 saturated heterocycles. The molecule has 0 aliphatic carbocycles. The first-order chi connectivity index (χ1) is 7.98. The number of para-hydroxylation sites is 1. The van der Waals surface area contributed by atoms with Crippen LogP contribution in [0.2, 0.25) is 0 Å². The van der Waals surface area contributed by atoms with Crippen LogP contribution in [0.25, 0.3) is 11.1 Å². The van der Waals surface area contributed by atoms with Crippen LogP contribution < -0.4 is 0 Å². The molecule has 0 fully saturated rings. The van der Waals surface area contributed by atoms with Gasteiger partial charge in [-0.1, -0.05) is 63.2 Å². The van der Waals surface area contributed by atoms with Crippen molar-refractivity contribution in [1.29, 1.82) is 0 Å². The molecule has 2 rings (SSSR count). The number of rotatable bonds is 1. The van der Waals surface area contributed by atoms with E-state index in [4.69, 9.17) is 0 Å². The first-order valence-electron chi connectivity index (χ1n) is 5.79. The topological polar surface area (TPSA) is 20.2 Å². The molecular weight excluding hydrogens is 208 g/mol. The molecule has 0 atom stereocenters. The summed E-state index contributed by atoms with van der Waals surface area (Å²) in [7, 11) is 0. The van der Waals surface area contributed by atoms with E-state index in [1.165, 1.54) is 5.56 Å². The third kappa shape index (κ3) is 2.50. The van der Waals surface area contributed by atoms with Crippen molar-refractivity contribution in [3.8, 4) is 16.9 Å². The van der Waals surface area contributed by atoms with Gasteiger partial charge in [0.2, 0.25) is 0 Å². The Bertz CT molecular complexity index is 504. The lowest BCUT2D eigenvalue weighted by Gasteiger charge is -2.19. The van der Waals surface area contributed by atoms with Gasteiger partial charge in [-0.15, -0.1) is 0 Å². The third-order valence-corrected chi connectivity index (χ3v) is 2.90. The quantitative estimate of drug-likeness (QED) is 0.772. The predicted molar refractivity (Wildman–Crippen MR) is 71.1 cm³/mol. The normalized spacial score (nSPS) is 11.5. The van der Waals surface area contributed by atoms with Crippen molar-refractivity contribution in [2.75, 3.05) is 0 Å². The molecule has 0 saturated carbocycles. The molecule has 0 amide bonds. The number of benzene rings is 2. The number of phenolic OH excluding ortho intramolecular Hbond substituents is 1. The Kier molecular flexibility index (Phi) is 2.93. The molecule has 1 N–H and O–H groups in total. The highest BCUT2D eigenvalue weighted by Crippen LogP contribution is 2.30. The zero-order valence-electron chi connectivity index (χ0n) is 10.5. The largest absolute Gasteiger partial charge is 0.507 e. The van der Waals surface area contributed by atoms with Gasteiger partial charge < -0.3 is 5.11 Å². The fraction of sp³-hybridized carbons (Fsp3) is 0.250. The molecule has 1 radical (unpaired) electrons. The summed E-state index contributed by atoms with van der Waals surface area (Å²) >= 11 is 0. The van der Waals surface area contributed by atoms with Crippen LogP contribution in [-0.2, 0) is 5.41 Å². The van der Waals surface area contributed by atoms with Crippen LogP contribution in [0.3, 0.4) is 0 Å².